The third kappa shape index (κ3) is 1.19. The summed E-state index contributed by atoms with van der Waals surface area (Å²) in [7, 11) is 2.14. The van der Waals surface area contributed by atoms with Crippen molar-refractivity contribution in [1.29, 1.82) is 0 Å². The minimum Gasteiger partial charge on any atom is -0.497 e. The van der Waals surface area contributed by atoms with Gasteiger partial charge in [0.15, 0.2) is 5.78 Å². The molecule has 82 valence electrons. The van der Waals surface area contributed by atoms with E-state index in [0.29, 0.717) is 24.5 Å². The number of rotatable bonds is 0. The predicted molar refractivity (Wildman–Crippen MR) is 56.3 cm³/mol. The van der Waals surface area contributed by atoms with E-state index in [2.05, 4.69) is 11.9 Å². The van der Waals surface area contributed by atoms with Crippen LogP contribution in [0.2, 0.25) is 0 Å². The van der Waals surface area contributed by atoms with E-state index in [9.17, 15) is 4.79 Å². The second-order valence-corrected chi connectivity index (χ2v) is 5.03. The van der Waals surface area contributed by atoms with Crippen LogP contribution >= 0.6 is 0 Å². The molecule has 0 aliphatic carbocycles. The third-order valence-electron chi connectivity index (χ3n) is 4.12. The van der Waals surface area contributed by atoms with Crippen molar-refractivity contribution in [2.75, 3.05) is 13.7 Å². The number of ether oxygens (including phenoxy) is 1. The normalized spacial score (nSPS) is 40.4. The van der Waals surface area contributed by atoms with Gasteiger partial charge in [-0.15, -0.1) is 0 Å². The van der Waals surface area contributed by atoms with Gasteiger partial charge >= 0.3 is 0 Å². The zero-order valence-electron chi connectivity index (χ0n) is 9.32. The average Bonchev–Trinajstić information content (AvgIpc) is 2.49. The fraction of sp³-hybridized carbons (Fsp3) is 0.750. The minimum absolute atomic E-state index is 0.0503. The number of carbonyl (C=O) groups is 1. The van der Waals surface area contributed by atoms with Crippen LogP contribution in [-0.4, -0.2) is 36.4 Å². The summed E-state index contributed by atoms with van der Waals surface area (Å²) >= 11 is 0. The summed E-state index contributed by atoms with van der Waals surface area (Å²) in [4.78, 5) is 14.5. The first kappa shape index (κ1) is 9.40. The number of fused-ring (bicyclic) bond motifs is 3. The fourth-order valence-electron chi connectivity index (χ4n) is 3.12. The van der Waals surface area contributed by atoms with Crippen LogP contribution in [0.4, 0.5) is 0 Å². The topological polar surface area (TPSA) is 29.5 Å². The highest BCUT2D eigenvalue weighted by molar-refractivity contribution is 5.99. The average molecular weight is 207 g/mol. The van der Waals surface area contributed by atoms with Crippen molar-refractivity contribution in [3.05, 3.63) is 11.3 Å². The Morgan fingerprint density at radius 2 is 2.20 bits per heavy atom. The Balaban J connectivity index is 2.03. The van der Waals surface area contributed by atoms with Crippen LogP contribution in [0.15, 0.2) is 11.3 Å². The van der Waals surface area contributed by atoms with Gasteiger partial charge < -0.3 is 4.74 Å². The third-order valence-corrected chi connectivity index (χ3v) is 4.12. The molecule has 0 radical (unpaired) electrons. The van der Waals surface area contributed by atoms with Crippen molar-refractivity contribution < 1.29 is 9.53 Å². The van der Waals surface area contributed by atoms with Gasteiger partial charge in [-0.05, 0) is 19.9 Å². The summed E-state index contributed by atoms with van der Waals surface area (Å²) in [5.74, 6) is 1.38. The summed E-state index contributed by atoms with van der Waals surface area (Å²) < 4.78 is 5.73. The molecule has 3 heteroatoms. The van der Waals surface area contributed by atoms with Gasteiger partial charge in [-0.25, -0.2) is 0 Å². The SMILES string of the molecule is CC1COC2=C(C1=O)C1CCC(C2)N1C. The molecule has 0 N–H and O–H groups in total. The monoisotopic (exact) mass is 207 g/mol. The lowest BCUT2D eigenvalue weighted by atomic mass is 9.88. The Morgan fingerprint density at radius 1 is 1.40 bits per heavy atom. The van der Waals surface area contributed by atoms with Crippen molar-refractivity contribution in [2.24, 2.45) is 5.92 Å². The Morgan fingerprint density at radius 3 is 3.00 bits per heavy atom. The molecular weight excluding hydrogens is 190 g/mol. The fourth-order valence-corrected chi connectivity index (χ4v) is 3.12. The van der Waals surface area contributed by atoms with Gasteiger partial charge in [0.25, 0.3) is 0 Å². The molecular formula is C12H17NO2. The summed E-state index contributed by atoms with van der Waals surface area (Å²) in [5, 5.41) is 0. The molecule has 0 spiro atoms. The second kappa shape index (κ2) is 3.08. The van der Waals surface area contributed by atoms with E-state index >= 15 is 0 Å². The molecule has 2 bridgehead atoms. The number of Topliss-reactive ketones (excluding diaryl/α,β-unsaturated/α-hetero) is 1. The first-order chi connectivity index (χ1) is 7.18. The largest absolute Gasteiger partial charge is 0.497 e. The van der Waals surface area contributed by atoms with E-state index in [-0.39, 0.29) is 5.92 Å². The first-order valence-electron chi connectivity index (χ1n) is 5.80. The molecule has 0 saturated carbocycles. The second-order valence-electron chi connectivity index (χ2n) is 5.03. The number of nitrogens with zero attached hydrogens (tertiary/aromatic N) is 1. The maximum absolute atomic E-state index is 12.1. The number of ketones is 1. The maximum atomic E-state index is 12.1. The van der Waals surface area contributed by atoms with E-state index in [1.54, 1.807) is 0 Å². The summed E-state index contributed by atoms with van der Waals surface area (Å²) in [6.45, 7) is 2.55. The lowest BCUT2D eigenvalue weighted by Gasteiger charge is -2.37. The van der Waals surface area contributed by atoms with E-state index in [1.807, 2.05) is 6.92 Å². The number of carbonyl (C=O) groups excluding carboxylic acids is 1. The van der Waals surface area contributed by atoms with Gasteiger partial charge in [0.05, 0.1) is 18.1 Å². The number of likely N-dealkylation sites (N-methyl/N-ethyl adjacent to an activating group) is 1. The Hall–Kier alpha value is -0.830. The molecule has 15 heavy (non-hydrogen) atoms. The van der Waals surface area contributed by atoms with Gasteiger partial charge in [0.2, 0.25) is 0 Å². The van der Waals surface area contributed by atoms with Crippen molar-refractivity contribution >= 4 is 5.78 Å². The standard InChI is InChI=1S/C12H17NO2/c1-7-6-15-10-5-8-3-4-9(13(8)2)11(10)12(7)14/h7-9H,3-6H2,1-2H3. The molecule has 3 unspecified atom stereocenters. The van der Waals surface area contributed by atoms with Crippen LogP contribution in [0.3, 0.4) is 0 Å². The minimum atomic E-state index is 0.0503. The van der Waals surface area contributed by atoms with Gasteiger partial charge in [0, 0.05) is 18.5 Å². The molecule has 3 nitrogen and oxygen atoms in total. The Labute approximate surface area is 90.1 Å². The molecule has 3 rings (SSSR count). The van der Waals surface area contributed by atoms with Crippen molar-refractivity contribution in [3.8, 4) is 0 Å². The summed E-state index contributed by atoms with van der Waals surface area (Å²) in [6, 6.07) is 0.948. The van der Waals surface area contributed by atoms with Gasteiger partial charge in [-0.1, -0.05) is 6.92 Å². The van der Waals surface area contributed by atoms with Crippen molar-refractivity contribution in [3.63, 3.8) is 0 Å². The van der Waals surface area contributed by atoms with Crippen molar-refractivity contribution in [2.45, 2.75) is 38.3 Å². The Kier molecular flexibility index (Phi) is 1.93. The first-order valence-corrected chi connectivity index (χ1v) is 5.80. The molecule has 1 fully saturated rings. The molecule has 0 aromatic heterocycles. The number of hydrogen-bond donors (Lipinski definition) is 0. The molecule has 0 aromatic rings. The van der Waals surface area contributed by atoms with Gasteiger partial charge in [-0.3, -0.25) is 9.69 Å². The molecule has 3 atom stereocenters. The molecule has 3 aliphatic rings. The molecule has 0 aromatic carbocycles. The summed E-state index contributed by atoms with van der Waals surface area (Å²) in [6.07, 6.45) is 3.28. The molecule has 3 heterocycles. The van der Waals surface area contributed by atoms with Crippen LogP contribution in [0, 0.1) is 5.92 Å². The van der Waals surface area contributed by atoms with Crippen LogP contribution in [0.1, 0.15) is 26.2 Å². The van der Waals surface area contributed by atoms with Crippen LogP contribution in [-0.2, 0) is 9.53 Å². The Bertz CT molecular complexity index is 348. The highest BCUT2D eigenvalue weighted by Crippen LogP contribution is 2.41. The summed E-state index contributed by atoms with van der Waals surface area (Å²) in [5.41, 5.74) is 0.991. The van der Waals surface area contributed by atoms with Crippen molar-refractivity contribution in [1.82, 2.24) is 4.90 Å². The zero-order valence-corrected chi connectivity index (χ0v) is 9.32. The quantitative estimate of drug-likeness (QED) is 0.600. The highest BCUT2D eigenvalue weighted by atomic mass is 16.5. The van der Waals surface area contributed by atoms with Crippen LogP contribution in [0.5, 0.6) is 0 Å². The maximum Gasteiger partial charge on any atom is 0.170 e. The molecule has 0 amide bonds. The van der Waals surface area contributed by atoms with E-state index < -0.39 is 0 Å². The van der Waals surface area contributed by atoms with Gasteiger partial charge in [0.1, 0.15) is 5.76 Å². The molecule has 1 saturated heterocycles. The predicted octanol–water partition coefficient (Wildman–Crippen LogP) is 1.34. The van der Waals surface area contributed by atoms with E-state index in [4.69, 9.17) is 4.74 Å². The highest BCUT2D eigenvalue weighted by Gasteiger charge is 2.45. The zero-order chi connectivity index (χ0) is 10.6. The van der Waals surface area contributed by atoms with E-state index in [1.165, 1.54) is 6.42 Å². The number of hydrogen-bond acceptors (Lipinski definition) is 3. The van der Waals surface area contributed by atoms with Crippen LogP contribution in [0.25, 0.3) is 0 Å². The lowest BCUT2D eigenvalue weighted by Crippen LogP contribution is -2.44. The van der Waals surface area contributed by atoms with Gasteiger partial charge in [-0.2, -0.15) is 0 Å². The lowest BCUT2D eigenvalue weighted by molar-refractivity contribution is -0.123. The van der Waals surface area contributed by atoms with Crippen LogP contribution < -0.4 is 0 Å². The smallest absolute Gasteiger partial charge is 0.170 e. The molecule has 3 aliphatic heterocycles. The van der Waals surface area contributed by atoms with E-state index in [0.717, 1.165) is 24.2 Å².